The number of anilines is 3. The van der Waals surface area contributed by atoms with Crippen LogP contribution in [-0.2, 0) is 9.53 Å². The van der Waals surface area contributed by atoms with Crippen LogP contribution in [0.15, 0.2) is 48.5 Å². The fourth-order valence-corrected chi connectivity index (χ4v) is 4.16. The number of quaternary nitrogens is 1. The lowest BCUT2D eigenvalue weighted by Gasteiger charge is -2.36. The maximum atomic E-state index is 12.8. The highest BCUT2D eigenvalue weighted by atomic mass is 16.5. The van der Waals surface area contributed by atoms with Crippen molar-refractivity contribution in [2.75, 3.05) is 67.6 Å². The zero-order valence-electron chi connectivity index (χ0n) is 17.5. The molecule has 30 heavy (non-hydrogen) atoms. The minimum atomic E-state index is -0.106. The number of morpholine rings is 1. The number of carbonyl (C=O) groups excluding carboxylic acids is 1. The molecule has 7 nitrogen and oxygen atoms in total. The van der Waals surface area contributed by atoms with E-state index in [1.165, 1.54) is 10.6 Å². The Labute approximate surface area is 177 Å². The van der Waals surface area contributed by atoms with E-state index in [2.05, 4.69) is 27.2 Å². The highest BCUT2D eigenvalue weighted by Gasteiger charge is 2.29. The molecule has 0 aliphatic carbocycles. The molecule has 2 aromatic carbocycles. The van der Waals surface area contributed by atoms with Crippen molar-refractivity contribution in [2.45, 2.75) is 13.0 Å². The lowest BCUT2D eigenvalue weighted by molar-refractivity contribution is -0.914. The van der Waals surface area contributed by atoms with Gasteiger partial charge in [0.1, 0.15) is 5.75 Å². The number of aromatic hydroxyl groups is 1. The monoisotopic (exact) mass is 411 g/mol. The first-order valence-electron chi connectivity index (χ1n) is 10.7. The Balaban J connectivity index is 1.28. The predicted octanol–water partition coefficient (Wildman–Crippen LogP) is 0.961. The number of ether oxygens (including phenoxy) is 1. The van der Waals surface area contributed by atoms with Crippen molar-refractivity contribution < 1.29 is 19.5 Å². The van der Waals surface area contributed by atoms with E-state index in [0.29, 0.717) is 0 Å². The summed E-state index contributed by atoms with van der Waals surface area (Å²) in [6.45, 7) is 8.94. The Morgan fingerprint density at radius 2 is 1.47 bits per heavy atom. The lowest BCUT2D eigenvalue weighted by atomic mass is 10.2. The van der Waals surface area contributed by atoms with Crippen molar-refractivity contribution >= 4 is 23.0 Å². The third kappa shape index (κ3) is 4.86. The fraction of sp³-hybridized carbons (Fsp3) is 0.435. The summed E-state index contributed by atoms with van der Waals surface area (Å²) in [4.78, 5) is 18.7. The summed E-state index contributed by atoms with van der Waals surface area (Å²) in [7, 11) is 0. The number of rotatable bonds is 5. The maximum Gasteiger partial charge on any atom is 0.282 e. The van der Waals surface area contributed by atoms with Gasteiger partial charge >= 0.3 is 0 Å². The summed E-state index contributed by atoms with van der Waals surface area (Å²) in [5.41, 5.74) is 3.12. The van der Waals surface area contributed by atoms with Crippen LogP contribution in [0.3, 0.4) is 0 Å². The Hall–Kier alpha value is -2.77. The van der Waals surface area contributed by atoms with Crippen LogP contribution >= 0.6 is 0 Å². The number of hydrogen-bond acceptors (Lipinski definition) is 5. The van der Waals surface area contributed by atoms with Gasteiger partial charge in [-0.05, 0) is 55.5 Å². The average Bonchev–Trinajstić information content (AvgIpc) is 2.80. The zero-order chi connectivity index (χ0) is 20.9. The average molecular weight is 412 g/mol. The number of nitrogens with zero attached hydrogens (tertiary/aromatic N) is 2. The van der Waals surface area contributed by atoms with Crippen LogP contribution in [0.1, 0.15) is 6.92 Å². The molecule has 2 heterocycles. The van der Waals surface area contributed by atoms with E-state index in [1.807, 2.05) is 31.2 Å². The third-order valence-electron chi connectivity index (χ3n) is 6.14. The van der Waals surface area contributed by atoms with Gasteiger partial charge in [0, 0.05) is 30.2 Å². The lowest BCUT2D eigenvalue weighted by Crippen LogP contribution is -3.19. The summed E-state index contributed by atoms with van der Waals surface area (Å²) in [6, 6.07) is 15.3. The molecule has 0 radical (unpaired) electrons. The van der Waals surface area contributed by atoms with E-state index in [4.69, 9.17) is 4.74 Å². The second kappa shape index (κ2) is 9.36. The van der Waals surface area contributed by atoms with Gasteiger partial charge in [-0.15, -0.1) is 0 Å². The van der Waals surface area contributed by atoms with Crippen molar-refractivity contribution in [3.8, 4) is 5.75 Å². The van der Waals surface area contributed by atoms with Crippen LogP contribution in [0.2, 0.25) is 0 Å². The van der Waals surface area contributed by atoms with Crippen LogP contribution in [0, 0.1) is 0 Å². The Morgan fingerprint density at radius 3 is 2.07 bits per heavy atom. The molecule has 2 fully saturated rings. The summed E-state index contributed by atoms with van der Waals surface area (Å²) in [5.74, 6) is 0.341. The Kier molecular flexibility index (Phi) is 6.40. The molecule has 0 saturated carbocycles. The Bertz CT molecular complexity index is 827. The maximum absolute atomic E-state index is 12.8. The van der Waals surface area contributed by atoms with Crippen molar-refractivity contribution in [2.24, 2.45) is 0 Å². The number of phenols is 1. The van der Waals surface area contributed by atoms with Crippen LogP contribution in [-0.4, -0.2) is 69.5 Å². The van der Waals surface area contributed by atoms with Gasteiger partial charge in [-0.3, -0.25) is 4.79 Å². The molecule has 1 atom stereocenters. The van der Waals surface area contributed by atoms with Gasteiger partial charge in [-0.1, -0.05) is 0 Å². The molecule has 0 aromatic heterocycles. The van der Waals surface area contributed by atoms with E-state index in [1.54, 1.807) is 12.1 Å². The fourth-order valence-electron chi connectivity index (χ4n) is 4.16. The molecule has 3 N–H and O–H groups in total. The third-order valence-corrected chi connectivity index (χ3v) is 6.14. The normalized spacial score (nSPS) is 18.8. The molecule has 2 aliphatic heterocycles. The van der Waals surface area contributed by atoms with E-state index < -0.39 is 0 Å². The van der Waals surface area contributed by atoms with Crippen molar-refractivity contribution in [3.05, 3.63) is 48.5 Å². The molecule has 160 valence electrons. The molecule has 4 rings (SSSR count). The number of carbonyl (C=O) groups is 1. The van der Waals surface area contributed by atoms with E-state index in [-0.39, 0.29) is 17.7 Å². The highest BCUT2D eigenvalue weighted by molar-refractivity contribution is 5.93. The number of phenolic OH excluding ortho intramolecular Hbond substituents is 1. The molecule has 0 bridgehead atoms. The van der Waals surface area contributed by atoms with E-state index in [9.17, 15) is 9.90 Å². The minimum absolute atomic E-state index is 0.0576. The van der Waals surface area contributed by atoms with Crippen molar-refractivity contribution in [1.29, 1.82) is 0 Å². The Morgan fingerprint density at radius 1 is 0.933 bits per heavy atom. The van der Waals surface area contributed by atoms with Crippen molar-refractivity contribution in [3.63, 3.8) is 0 Å². The van der Waals surface area contributed by atoms with E-state index >= 15 is 0 Å². The van der Waals surface area contributed by atoms with Crippen LogP contribution < -0.4 is 20.0 Å². The first kappa shape index (κ1) is 20.5. The van der Waals surface area contributed by atoms with Crippen LogP contribution in [0.4, 0.5) is 17.1 Å². The number of piperazine rings is 1. The standard InChI is InChI=1S/C23H30N4O3/c1-18(25-10-12-26(13-11-25)21-6-8-22(28)9-7-21)23(29)24-19-2-4-20(5-3-19)27-14-16-30-17-15-27/h2-9,18,28H,10-17H2,1H3,(H,24,29)/p+1/t18-/m1/s1. The molecule has 2 aliphatic rings. The minimum Gasteiger partial charge on any atom is -0.508 e. The van der Waals surface area contributed by atoms with Crippen LogP contribution in [0.25, 0.3) is 0 Å². The summed E-state index contributed by atoms with van der Waals surface area (Å²) < 4.78 is 5.40. The summed E-state index contributed by atoms with van der Waals surface area (Å²) >= 11 is 0. The zero-order valence-corrected chi connectivity index (χ0v) is 17.5. The van der Waals surface area contributed by atoms with Gasteiger partial charge in [-0.25, -0.2) is 0 Å². The molecule has 2 saturated heterocycles. The largest absolute Gasteiger partial charge is 0.508 e. The van der Waals surface area contributed by atoms with Gasteiger partial charge < -0.3 is 29.9 Å². The SMILES string of the molecule is C[C@H](C(=O)Nc1ccc(N2CCOCC2)cc1)[NH+]1CCN(c2ccc(O)cc2)CC1. The summed E-state index contributed by atoms with van der Waals surface area (Å²) in [5, 5.41) is 12.5. The topological polar surface area (TPSA) is 69.5 Å². The molecule has 0 unspecified atom stereocenters. The number of benzene rings is 2. The molecule has 7 heteroatoms. The van der Waals surface area contributed by atoms with Crippen molar-refractivity contribution in [1.82, 2.24) is 0 Å². The van der Waals surface area contributed by atoms with Gasteiger partial charge in [0.2, 0.25) is 0 Å². The summed E-state index contributed by atoms with van der Waals surface area (Å²) in [6.07, 6.45) is 0. The first-order chi connectivity index (χ1) is 14.6. The molecule has 1 amide bonds. The molecule has 2 aromatic rings. The van der Waals surface area contributed by atoms with Gasteiger partial charge in [0.25, 0.3) is 5.91 Å². The van der Waals surface area contributed by atoms with Gasteiger partial charge in [0.15, 0.2) is 6.04 Å². The predicted molar refractivity (Wildman–Crippen MR) is 119 cm³/mol. The second-order valence-corrected chi connectivity index (χ2v) is 8.02. The molecular weight excluding hydrogens is 380 g/mol. The van der Waals surface area contributed by atoms with E-state index in [0.717, 1.165) is 63.9 Å². The van der Waals surface area contributed by atoms with Gasteiger partial charge in [0.05, 0.1) is 39.4 Å². The second-order valence-electron chi connectivity index (χ2n) is 8.02. The number of hydrogen-bond donors (Lipinski definition) is 3. The molecular formula is C23H31N4O3+. The smallest absolute Gasteiger partial charge is 0.282 e. The van der Waals surface area contributed by atoms with Crippen LogP contribution in [0.5, 0.6) is 5.75 Å². The molecule has 0 spiro atoms. The highest BCUT2D eigenvalue weighted by Crippen LogP contribution is 2.20. The first-order valence-corrected chi connectivity index (χ1v) is 10.7. The number of amides is 1. The number of nitrogens with one attached hydrogen (secondary N) is 2. The quantitative estimate of drug-likeness (QED) is 0.684. The van der Waals surface area contributed by atoms with Gasteiger partial charge in [-0.2, -0.15) is 0 Å².